The predicted octanol–water partition coefficient (Wildman–Crippen LogP) is 5.93. The highest BCUT2D eigenvalue weighted by molar-refractivity contribution is 6.00. The molecule has 1 atom stereocenters. The molecular weight excluding hydrogens is 480 g/mol. The zero-order valence-corrected chi connectivity index (χ0v) is 22.5. The molecule has 3 aromatic carbocycles. The average molecular weight is 515 g/mol. The summed E-state index contributed by atoms with van der Waals surface area (Å²) in [5, 5.41) is 2.75. The Morgan fingerprint density at radius 3 is 2.18 bits per heavy atom. The van der Waals surface area contributed by atoms with E-state index in [2.05, 4.69) is 38.2 Å². The summed E-state index contributed by atoms with van der Waals surface area (Å²) in [5.41, 5.74) is 4.66. The molecule has 0 saturated carbocycles. The number of nitrogens with one attached hydrogen (secondary N) is 1. The van der Waals surface area contributed by atoms with Gasteiger partial charge in [-0.15, -0.1) is 0 Å². The van der Waals surface area contributed by atoms with E-state index in [0.717, 1.165) is 16.9 Å². The molecule has 1 aliphatic heterocycles. The van der Waals surface area contributed by atoms with Gasteiger partial charge in [0.15, 0.2) is 6.61 Å². The highest BCUT2D eigenvalue weighted by Gasteiger charge is 2.36. The summed E-state index contributed by atoms with van der Waals surface area (Å²) in [6.45, 7) is 10.2. The molecule has 38 heavy (non-hydrogen) atoms. The molecule has 0 aliphatic carbocycles. The molecule has 198 valence electrons. The average Bonchev–Trinajstić information content (AvgIpc) is 3.26. The number of hydrogen-bond donors (Lipinski definition) is 1. The van der Waals surface area contributed by atoms with Gasteiger partial charge < -0.3 is 19.7 Å². The van der Waals surface area contributed by atoms with Crippen molar-refractivity contribution >= 4 is 29.2 Å². The number of anilines is 2. The lowest BCUT2D eigenvalue weighted by molar-refractivity contribution is -0.151. The fourth-order valence-electron chi connectivity index (χ4n) is 4.36. The van der Waals surface area contributed by atoms with Crippen LogP contribution < -0.4 is 15.0 Å². The third-order valence-electron chi connectivity index (χ3n) is 6.56. The van der Waals surface area contributed by atoms with Gasteiger partial charge in [-0.25, -0.2) is 0 Å². The van der Waals surface area contributed by atoms with Crippen LogP contribution in [-0.4, -0.2) is 30.9 Å². The van der Waals surface area contributed by atoms with Crippen LogP contribution in [0.3, 0.4) is 0 Å². The third kappa shape index (κ3) is 6.59. The van der Waals surface area contributed by atoms with E-state index in [1.54, 1.807) is 29.2 Å². The van der Waals surface area contributed by atoms with Crippen LogP contribution in [0.15, 0.2) is 66.7 Å². The molecule has 4 rings (SSSR count). The molecular formula is C31H34N2O5. The highest BCUT2D eigenvalue weighted by atomic mass is 16.5. The van der Waals surface area contributed by atoms with Crippen molar-refractivity contribution in [2.24, 2.45) is 5.92 Å². The zero-order chi connectivity index (χ0) is 27.4. The second-order valence-electron chi connectivity index (χ2n) is 10.7. The number of amides is 2. The second kappa shape index (κ2) is 11.1. The van der Waals surface area contributed by atoms with E-state index in [1.807, 2.05) is 44.2 Å². The Morgan fingerprint density at radius 1 is 0.947 bits per heavy atom. The fourth-order valence-corrected chi connectivity index (χ4v) is 4.36. The maximum atomic E-state index is 12.6. The minimum atomic E-state index is -0.631. The van der Waals surface area contributed by atoms with Gasteiger partial charge in [-0.05, 0) is 72.9 Å². The summed E-state index contributed by atoms with van der Waals surface area (Å²) >= 11 is 0. The van der Waals surface area contributed by atoms with Crippen LogP contribution in [0.2, 0.25) is 0 Å². The summed E-state index contributed by atoms with van der Waals surface area (Å²) in [4.78, 5) is 39.0. The van der Waals surface area contributed by atoms with Crippen LogP contribution in [0, 0.1) is 19.8 Å². The van der Waals surface area contributed by atoms with Crippen molar-refractivity contribution in [1.29, 1.82) is 0 Å². The van der Waals surface area contributed by atoms with Gasteiger partial charge in [-0.1, -0.05) is 50.6 Å². The van der Waals surface area contributed by atoms with Crippen molar-refractivity contribution in [3.63, 3.8) is 0 Å². The number of ether oxygens (including phenoxy) is 2. The van der Waals surface area contributed by atoms with E-state index in [9.17, 15) is 14.4 Å². The molecule has 1 N–H and O–H groups in total. The lowest BCUT2D eigenvalue weighted by Crippen LogP contribution is -2.28. The molecule has 0 spiro atoms. The van der Waals surface area contributed by atoms with Gasteiger partial charge in [0.1, 0.15) is 11.5 Å². The van der Waals surface area contributed by atoms with Crippen LogP contribution >= 0.6 is 0 Å². The largest absolute Gasteiger partial charge is 0.457 e. The smallest absolute Gasteiger partial charge is 0.311 e. The second-order valence-corrected chi connectivity index (χ2v) is 10.7. The van der Waals surface area contributed by atoms with E-state index in [-0.39, 0.29) is 24.3 Å². The Kier molecular flexibility index (Phi) is 7.86. The van der Waals surface area contributed by atoms with Gasteiger partial charge in [-0.3, -0.25) is 14.4 Å². The number of hydrogen-bond acceptors (Lipinski definition) is 5. The first kappa shape index (κ1) is 26.9. The first-order valence-electron chi connectivity index (χ1n) is 12.7. The summed E-state index contributed by atoms with van der Waals surface area (Å²) in [5.74, 6) is -0.403. The molecule has 0 unspecified atom stereocenters. The van der Waals surface area contributed by atoms with Gasteiger partial charge in [0.25, 0.3) is 5.91 Å². The minimum Gasteiger partial charge on any atom is -0.457 e. The van der Waals surface area contributed by atoms with E-state index < -0.39 is 24.4 Å². The number of carbonyl (C=O) groups excluding carboxylic acids is 3. The standard InChI is InChI=1S/C31H34N2O5/c1-20-6-15-27(21(2)16-20)32-28(34)19-37-30(36)22-17-29(35)33(18-22)24-9-13-26(14-10-24)38-25-11-7-23(8-12-25)31(3,4)5/h6-16,22H,17-19H2,1-5H3,(H,32,34)/t22-/m0/s1. The summed E-state index contributed by atoms with van der Waals surface area (Å²) < 4.78 is 11.2. The molecule has 2 amide bonds. The van der Waals surface area contributed by atoms with E-state index >= 15 is 0 Å². The van der Waals surface area contributed by atoms with Gasteiger partial charge >= 0.3 is 5.97 Å². The van der Waals surface area contributed by atoms with E-state index in [1.165, 1.54) is 5.56 Å². The first-order chi connectivity index (χ1) is 18.0. The third-order valence-corrected chi connectivity index (χ3v) is 6.56. The number of nitrogens with zero attached hydrogens (tertiary/aromatic N) is 1. The van der Waals surface area contributed by atoms with Crippen LogP contribution in [0.1, 0.15) is 43.9 Å². The summed E-state index contributed by atoms with van der Waals surface area (Å²) in [6.07, 6.45) is 0.0376. The van der Waals surface area contributed by atoms with Crippen molar-refractivity contribution in [1.82, 2.24) is 0 Å². The molecule has 1 saturated heterocycles. The minimum absolute atomic E-state index is 0.0376. The molecule has 3 aromatic rings. The fraction of sp³-hybridized carbons (Fsp3) is 0.323. The summed E-state index contributed by atoms with van der Waals surface area (Å²) in [6, 6.07) is 20.8. The highest BCUT2D eigenvalue weighted by Crippen LogP contribution is 2.30. The van der Waals surface area contributed by atoms with E-state index in [4.69, 9.17) is 9.47 Å². The molecule has 0 radical (unpaired) electrons. The van der Waals surface area contributed by atoms with Crippen LogP contribution in [-0.2, 0) is 24.5 Å². The molecule has 7 nitrogen and oxygen atoms in total. The topological polar surface area (TPSA) is 84.9 Å². The normalized spacial score (nSPS) is 15.3. The van der Waals surface area contributed by atoms with Crippen molar-refractivity contribution in [2.75, 3.05) is 23.4 Å². The van der Waals surface area contributed by atoms with Gasteiger partial charge in [-0.2, -0.15) is 0 Å². The summed E-state index contributed by atoms with van der Waals surface area (Å²) in [7, 11) is 0. The number of rotatable bonds is 7. The molecule has 0 bridgehead atoms. The first-order valence-corrected chi connectivity index (χ1v) is 12.7. The van der Waals surface area contributed by atoms with Crippen LogP contribution in [0.5, 0.6) is 11.5 Å². The molecule has 0 aromatic heterocycles. The number of aryl methyl sites for hydroxylation is 2. The Bertz CT molecular complexity index is 1320. The Morgan fingerprint density at radius 2 is 1.58 bits per heavy atom. The van der Waals surface area contributed by atoms with Crippen LogP contribution in [0.25, 0.3) is 0 Å². The lowest BCUT2D eigenvalue weighted by Gasteiger charge is -2.19. The molecule has 1 fully saturated rings. The lowest BCUT2D eigenvalue weighted by atomic mass is 9.87. The van der Waals surface area contributed by atoms with E-state index in [0.29, 0.717) is 17.1 Å². The number of benzene rings is 3. The maximum absolute atomic E-state index is 12.6. The van der Waals surface area contributed by atoms with Crippen molar-refractivity contribution in [2.45, 2.75) is 46.5 Å². The quantitative estimate of drug-likeness (QED) is 0.395. The molecule has 1 aliphatic rings. The van der Waals surface area contributed by atoms with Gasteiger partial charge in [0.05, 0.1) is 5.92 Å². The Balaban J connectivity index is 1.29. The molecule has 7 heteroatoms. The van der Waals surface area contributed by atoms with Crippen molar-refractivity contribution < 1.29 is 23.9 Å². The van der Waals surface area contributed by atoms with Gasteiger partial charge in [0.2, 0.25) is 5.91 Å². The number of carbonyl (C=O) groups is 3. The number of esters is 1. The molecule has 1 heterocycles. The van der Waals surface area contributed by atoms with Crippen LogP contribution in [0.4, 0.5) is 11.4 Å². The van der Waals surface area contributed by atoms with Crippen molar-refractivity contribution in [3.05, 3.63) is 83.4 Å². The monoisotopic (exact) mass is 514 g/mol. The Labute approximate surface area is 223 Å². The SMILES string of the molecule is Cc1ccc(NC(=O)COC(=O)[C@H]2CC(=O)N(c3ccc(Oc4ccc(C(C)(C)C)cc4)cc3)C2)c(C)c1. The Hall–Kier alpha value is -4.13. The maximum Gasteiger partial charge on any atom is 0.311 e. The van der Waals surface area contributed by atoms with Crippen molar-refractivity contribution in [3.8, 4) is 11.5 Å². The predicted molar refractivity (Wildman–Crippen MR) is 148 cm³/mol. The van der Waals surface area contributed by atoms with Gasteiger partial charge in [0, 0.05) is 24.3 Å². The zero-order valence-electron chi connectivity index (χ0n) is 22.5.